The number of fused-ring (bicyclic) bond motifs is 7. The van der Waals surface area contributed by atoms with Crippen LogP contribution >= 0.6 is 11.3 Å². The van der Waals surface area contributed by atoms with E-state index in [0.29, 0.717) is 11.5 Å². The minimum absolute atomic E-state index is 0. The molecule has 5 nitrogen and oxygen atoms in total. The average molecular weight is 1030 g/mol. The first-order valence-electron chi connectivity index (χ1n) is 21.5. The van der Waals surface area contributed by atoms with Gasteiger partial charge in [0.1, 0.15) is 5.82 Å². The zero-order chi connectivity index (χ0) is 43.0. The van der Waals surface area contributed by atoms with E-state index in [-0.39, 0.29) is 26.5 Å². The number of benzene rings is 7. The zero-order valence-electron chi connectivity index (χ0n) is 36.5. The quantitative estimate of drug-likeness (QED) is 0.149. The first kappa shape index (κ1) is 41.5. The number of aromatic nitrogens is 2. The number of ether oxygens (including phenoxy) is 1. The van der Waals surface area contributed by atoms with E-state index < -0.39 is 0 Å². The molecule has 64 heavy (non-hydrogen) atoms. The van der Waals surface area contributed by atoms with Crippen molar-refractivity contribution in [3.63, 3.8) is 0 Å². The minimum atomic E-state index is -0.0486. The van der Waals surface area contributed by atoms with Gasteiger partial charge in [-0.15, -0.1) is 36.6 Å². The fourth-order valence-corrected chi connectivity index (χ4v) is 10.6. The van der Waals surface area contributed by atoms with Gasteiger partial charge in [-0.2, -0.15) is 17.4 Å². The van der Waals surface area contributed by atoms with E-state index in [4.69, 9.17) is 9.72 Å². The van der Waals surface area contributed by atoms with Crippen molar-refractivity contribution < 1.29 is 25.8 Å². The molecule has 7 heteroatoms. The van der Waals surface area contributed by atoms with Gasteiger partial charge in [-0.25, -0.2) is 4.98 Å². The van der Waals surface area contributed by atoms with E-state index >= 15 is 0 Å². The monoisotopic (exact) mass is 1030 g/mol. The van der Waals surface area contributed by atoms with Gasteiger partial charge in [-0.3, -0.25) is 0 Å². The standard InChI is InChI=1S/C57H45N4OS.Pt/c1-36-30-37(2)53(38(3)31-36)60-35-59(54(39-18-9-7-10-19-39)55(60)40-20-11-8-12-21-40)42-22-17-23-43(33-42)62-48-34-47-51(56-52(48)45-25-14-16-27-49(45)63-56)44-24-13-15-26-46(44)61(47)50-32-41(28-29-58-50)57(4,5)6;/h7-32,35H,1-6H3;/q-3;. The maximum atomic E-state index is 7.14. The van der Waals surface area contributed by atoms with Gasteiger partial charge in [0.15, 0.2) is 0 Å². The van der Waals surface area contributed by atoms with Crippen molar-refractivity contribution in [3.8, 4) is 17.3 Å². The van der Waals surface area contributed by atoms with E-state index in [9.17, 15) is 0 Å². The summed E-state index contributed by atoms with van der Waals surface area (Å²) in [5.74, 6) is 2.10. The number of rotatable bonds is 7. The Balaban J connectivity index is 0.00000484. The molecular weight excluding hydrogens is 984 g/mol. The van der Waals surface area contributed by atoms with Crippen LogP contribution in [0.15, 0.2) is 158 Å². The van der Waals surface area contributed by atoms with E-state index in [1.807, 2.05) is 12.3 Å². The SMILES string of the molecule is Cc1cc(C)c(N2[CH-]N(c3[c-]c(Oc4[c-]c5c(c6ccccc6n5-c5cc(C(C)(C)C)ccn5)c5sc6ccccc6c45)ccc3)C(c3ccccc3)=C2c2ccccc2)c(C)c1.[Pt]. The molecule has 0 spiro atoms. The molecule has 4 heterocycles. The number of aryl methyl sites for hydroxylation is 3. The number of thiophene rings is 1. The van der Waals surface area contributed by atoms with Crippen LogP contribution in [0.4, 0.5) is 11.4 Å². The predicted molar refractivity (Wildman–Crippen MR) is 264 cm³/mol. The van der Waals surface area contributed by atoms with Gasteiger partial charge in [0, 0.05) is 66.1 Å². The molecule has 3 aromatic heterocycles. The number of hydrogen-bond donors (Lipinski definition) is 0. The molecule has 0 bridgehead atoms. The van der Waals surface area contributed by atoms with Gasteiger partial charge in [0.2, 0.25) is 0 Å². The van der Waals surface area contributed by atoms with Crippen molar-refractivity contribution >= 4 is 76.1 Å². The van der Waals surface area contributed by atoms with Crippen LogP contribution in [0, 0.1) is 39.6 Å². The Morgan fingerprint density at radius 2 is 1.28 bits per heavy atom. The molecule has 1 aliphatic heterocycles. The molecule has 1 aliphatic rings. The van der Waals surface area contributed by atoms with Crippen LogP contribution in [0.1, 0.15) is 54.2 Å². The molecule has 0 N–H and O–H groups in total. The Bertz CT molecular complexity index is 3410. The molecule has 10 aromatic rings. The zero-order valence-corrected chi connectivity index (χ0v) is 39.6. The van der Waals surface area contributed by atoms with Gasteiger partial charge in [-0.05, 0) is 83.7 Å². The molecule has 11 rings (SSSR count). The molecule has 0 aliphatic carbocycles. The van der Waals surface area contributed by atoms with Crippen molar-refractivity contribution in [1.82, 2.24) is 9.55 Å². The second-order valence-electron chi connectivity index (χ2n) is 17.5. The van der Waals surface area contributed by atoms with E-state index in [1.165, 1.54) is 27.0 Å². The van der Waals surface area contributed by atoms with Gasteiger partial charge < -0.3 is 19.1 Å². The Kier molecular flexibility index (Phi) is 10.6. The third-order valence-electron chi connectivity index (χ3n) is 12.1. The summed E-state index contributed by atoms with van der Waals surface area (Å²) in [5, 5.41) is 4.49. The number of para-hydroxylation sites is 1. The van der Waals surface area contributed by atoms with Crippen molar-refractivity contribution in [2.75, 3.05) is 9.80 Å². The topological polar surface area (TPSA) is 33.5 Å². The molecule has 318 valence electrons. The summed E-state index contributed by atoms with van der Waals surface area (Å²) in [7, 11) is 0. The number of anilines is 2. The van der Waals surface area contributed by atoms with Gasteiger partial charge in [0.25, 0.3) is 0 Å². The van der Waals surface area contributed by atoms with Gasteiger partial charge >= 0.3 is 0 Å². The van der Waals surface area contributed by atoms with Crippen LogP contribution < -0.4 is 14.5 Å². The van der Waals surface area contributed by atoms with Crippen LogP contribution in [0.2, 0.25) is 0 Å². The summed E-state index contributed by atoms with van der Waals surface area (Å²) >= 11 is 1.80. The molecule has 0 unspecified atom stereocenters. The Labute approximate surface area is 393 Å². The van der Waals surface area contributed by atoms with Crippen molar-refractivity contribution in [1.29, 1.82) is 0 Å². The van der Waals surface area contributed by atoms with Crippen LogP contribution in [-0.2, 0) is 26.5 Å². The fraction of sp³-hybridized carbons (Fsp3) is 0.123. The van der Waals surface area contributed by atoms with Crippen LogP contribution in [0.25, 0.3) is 59.2 Å². The second-order valence-corrected chi connectivity index (χ2v) is 18.6. The summed E-state index contributed by atoms with van der Waals surface area (Å²) in [6.07, 6.45) is 1.92. The first-order valence-corrected chi connectivity index (χ1v) is 22.3. The average Bonchev–Trinajstić information content (AvgIpc) is 3.97. The summed E-state index contributed by atoms with van der Waals surface area (Å²) in [6.45, 7) is 15.5. The molecule has 0 radical (unpaired) electrons. The van der Waals surface area contributed by atoms with Crippen molar-refractivity contribution in [3.05, 3.63) is 210 Å². The van der Waals surface area contributed by atoms with Crippen LogP contribution in [-0.4, -0.2) is 9.55 Å². The first-order chi connectivity index (χ1) is 30.6. The normalized spacial score (nSPS) is 13.2. The summed E-state index contributed by atoms with van der Waals surface area (Å²) in [4.78, 5) is 9.59. The summed E-state index contributed by atoms with van der Waals surface area (Å²) < 4.78 is 11.7. The Morgan fingerprint density at radius 3 is 1.98 bits per heavy atom. The van der Waals surface area contributed by atoms with Crippen LogP contribution in [0.5, 0.6) is 11.5 Å². The van der Waals surface area contributed by atoms with Gasteiger partial charge in [-0.1, -0.05) is 162 Å². The fourth-order valence-electron chi connectivity index (χ4n) is 9.38. The third kappa shape index (κ3) is 7.01. The summed E-state index contributed by atoms with van der Waals surface area (Å²) in [6, 6.07) is 61.2. The van der Waals surface area contributed by atoms with Gasteiger partial charge in [0.05, 0.1) is 0 Å². The molecule has 0 fully saturated rings. The molecule has 7 aromatic carbocycles. The molecule has 0 saturated heterocycles. The number of hydrogen-bond acceptors (Lipinski definition) is 5. The van der Waals surface area contributed by atoms with Crippen molar-refractivity contribution in [2.24, 2.45) is 0 Å². The van der Waals surface area contributed by atoms with Crippen molar-refractivity contribution in [2.45, 2.75) is 47.0 Å². The van der Waals surface area contributed by atoms with E-state index in [0.717, 1.165) is 77.0 Å². The second kappa shape index (κ2) is 16.3. The maximum Gasteiger partial charge on any atom is 0.135 e. The Morgan fingerprint density at radius 1 is 0.641 bits per heavy atom. The number of nitrogens with zero attached hydrogens (tertiary/aromatic N) is 4. The predicted octanol–water partition coefficient (Wildman–Crippen LogP) is 15.1. The Hall–Kier alpha value is -6.46. The number of pyridine rings is 1. The maximum absolute atomic E-state index is 7.14. The molecular formula is C57H45N4OPtS-3. The smallest absolute Gasteiger partial charge is 0.135 e. The third-order valence-corrected chi connectivity index (χ3v) is 13.3. The molecule has 0 saturated carbocycles. The minimum Gasteiger partial charge on any atom is -0.508 e. The van der Waals surface area contributed by atoms with E-state index in [1.54, 1.807) is 11.3 Å². The van der Waals surface area contributed by atoms with E-state index in [2.05, 4.69) is 220 Å². The summed E-state index contributed by atoms with van der Waals surface area (Å²) in [5.41, 5.74) is 13.2. The molecule has 0 amide bonds. The largest absolute Gasteiger partial charge is 0.508 e. The van der Waals surface area contributed by atoms with Crippen LogP contribution in [0.3, 0.4) is 0 Å². The molecule has 0 atom stereocenters.